The summed E-state index contributed by atoms with van der Waals surface area (Å²) in [6.45, 7) is 15.4. The van der Waals surface area contributed by atoms with E-state index in [1.54, 1.807) is 0 Å². The standard InChI is InChI=1S/C43H44N4O/c1-8-29(5)34-14-17-40-39(24-34)38-16-15-36(26-41(38)46(40)42-21-28(4)18-19-44-42)48-37-23-32(20-27(2)3)22-35(25-37)47-31(7)43(30(6)45-47)33-12-10-9-11-13-33/h9-19,21-27,29H,8,20H2,1-7H3. The Hall–Kier alpha value is -5.16. The van der Waals surface area contributed by atoms with Gasteiger partial charge in [0, 0.05) is 40.4 Å². The predicted molar refractivity (Wildman–Crippen MR) is 199 cm³/mol. The van der Waals surface area contributed by atoms with Crippen LogP contribution in [-0.4, -0.2) is 19.3 Å². The van der Waals surface area contributed by atoms with Crippen LogP contribution in [0, 0.1) is 26.7 Å². The van der Waals surface area contributed by atoms with Gasteiger partial charge >= 0.3 is 0 Å². The Morgan fingerprint density at radius 3 is 2.31 bits per heavy atom. The summed E-state index contributed by atoms with van der Waals surface area (Å²) in [5, 5.41) is 7.44. The van der Waals surface area contributed by atoms with Crippen LogP contribution in [0.3, 0.4) is 0 Å². The van der Waals surface area contributed by atoms with Gasteiger partial charge in [0.05, 0.1) is 22.4 Å². The molecule has 0 radical (unpaired) electrons. The van der Waals surface area contributed by atoms with Crippen molar-refractivity contribution in [1.82, 2.24) is 19.3 Å². The maximum absolute atomic E-state index is 6.75. The minimum absolute atomic E-state index is 0.491. The van der Waals surface area contributed by atoms with Crippen molar-refractivity contribution in [3.05, 3.63) is 131 Å². The maximum Gasteiger partial charge on any atom is 0.137 e. The second-order valence-corrected chi connectivity index (χ2v) is 13.7. The number of rotatable bonds is 9. The Labute approximate surface area is 283 Å². The minimum atomic E-state index is 0.491. The van der Waals surface area contributed by atoms with Crippen LogP contribution in [0.2, 0.25) is 0 Å². The highest BCUT2D eigenvalue weighted by Crippen LogP contribution is 2.38. The van der Waals surface area contributed by atoms with Gasteiger partial charge in [0.1, 0.15) is 17.3 Å². The van der Waals surface area contributed by atoms with Crippen molar-refractivity contribution < 1.29 is 4.74 Å². The molecule has 0 aliphatic rings. The second kappa shape index (κ2) is 12.8. The molecule has 1 atom stereocenters. The van der Waals surface area contributed by atoms with Crippen LogP contribution < -0.4 is 4.74 Å². The van der Waals surface area contributed by atoms with Crippen LogP contribution in [-0.2, 0) is 6.42 Å². The summed E-state index contributed by atoms with van der Waals surface area (Å²) in [7, 11) is 0. The molecule has 0 saturated carbocycles. The summed E-state index contributed by atoms with van der Waals surface area (Å²) < 4.78 is 11.1. The number of ether oxygens (including phenoxy) is 1. The van der Waals surface area contributed by atoms with Crippen LogP contribution >= 0.6 is 0 Å². The first kappa shape index (κ1) is 31.4. The Morgan fingerprint density at radius 1 is 0.750 bits per heavy atom. The number of aryl methyl sites for hydroxylation is 2. The highest BCUT2D eigenvalue weighted by atomic mass is 16.5. The zero-order valence-electron chi connectivity index (χ0n) is 29.1. The molecule has 0 amide bonds. The number of nitrogens with zero attached hydrogens (tertiary/aromatic N) is 4. The van der Waals surface area contributed by atoms with E-state index in [9.17, 15) is 0 Å². The van der Waals surface area contributed by atoms with Gasteiger partial charge in [-0.25, -0.2) is 9.67 Å². The van der Waals surface area contributed by atoms with Crippen LogP contribution in [0.15, 0.2) is 103 Å². The minimum Gasteiger partial charge on any atom is -0.457 e. The molecular weight excluding hydrogens is 589 g/mol. The Bertz CT molecular complexity index is 2260. The number of fused-ring (bicyclic) bond motifs is 3. The lowest BCUT2D eigenvalue weighted by Gasteiger charge is -2.14. The van der Waals surface area contributed by atoms with E-state index in [2.05, 4.69) is 149 Å². The summed E-state index contributed by atoms with van der Waals surface area (Å²) in [6, 6.07) is 34.6. The largest absolute Gasteiger partial charge is 0.457 e. The van der Waals surface area contributed by atoms with Gasteiger partial charge < -0.3 is 4.74 Å². The first-order valence-electron chi connectivity index (χ1n) is 17.1. The van der Waals surface area contributed by atoms with Gasteiger partial charge in [-0.15, -0.1) is 0 Å². The lowest BCUT2D eigenvalue weighted by atomic mass is 9.97. The first-order valence-corrected chi connectivity index (χ1v) is 17.1. The second-order valence-electron chi connectivity index (χ2n) is 13.7. The number of aromatic nitrogens is 4. The molecule has 0 spiro atoms. The number of pyridine rings is 1. The number of benzene rings is 4. The first-order chi connectivity index (χ1) is 23.2. The van der Waals surface area contributed by atoms with Crippen molar-refractivity contribution in [2.75, 3.05) is 0 Å². The van der Waals surface area contributed by atoms with E-state index in [4.69, 9.17) is 14.8 Å². The quantitative estimate of drug-likeness (QED) is 0.159. The highest BCUT2D eigenvalue weighted by Gasteiger charge is 2.18. The Morgan fingerprint density at radius 2 is 1.56 bits per heavy atom. The predicted octanol–water partition coefficient (Wildman–Crippen LogP) is 11.5. The smallest absolute Gasteiger partial charge is 0.137 e. The Kier molecular flexibility index (Phi) is 8.38. The van der Waals surface area contributed by atoms with Gasteiger partial charge in [-0.05, 0) is 116 Å². The molecule has 0 bridgehead atoms. The molecule has 1 unspecified atom stereocenters. The van der Waals surface area contributed by atoms with Crippen LogP contribution in [0.5, 0.6) is 11.5 Å². The number of hydrogen-bond donors (Lipinski definition) is 0. The van der Waals surface area contributed by atoms with E-state index in [0.717, 1.165) is 58.3 Å². The van der Waals surface area contributed by atoms with E-state index < -0.39 is 0 Å². The monoisotopic (exact) mass is 632 g/mol. The maximum atomic E-state index is 6.75. The molecule has 5 nitrogen and oxygen atoms in total. The summed E-state index contributed by atoms with van der Waals surface area (Å²) >= 11 is 0. The SMILES string of the molecule is CCC(C)c1ccc2c(c1)c1ccc(Oc3cc(CC(C)C)cc(-n4nc(C)c(-c5ccccc5)c4C)c3)cc1n2-c1cc(C)ccn1. The molecule has 7 rings (SSSR count). The van der Waals surface area contributed by atoms with Gasteiger partial charge in [0.25, 0.3) is 0 Å². The zero-order valence-corrected chi connectivity index (χ0v) is 29.1. The fourth-order valence-corrected chi connectivity index (χ4v) is 6.98. The van der Waals surface area contributed by atoms with Gasteiger partial charge in [-0.2, -0.15) is 5.10 Å². The van der Waals surface area contributed by atoms with Gasteiger partial charge in [0.15, 0.2) is 0 Å². The fraction of sp³-hybridized carbons (Fsp3) is 0.256. The Balaban J connectivity index is 1.35. The average molecular weight is 633 g/mol. The topological polar surface area (TPSA) is 44.9 Å². The van der Waals surface area contributed by atoms with E-state index in [-0.39, 0.29) is 0 Å². The van der Waals surface area contributed by atoms with Gasteiger partial charge in [-0.1, -0.05) is 64.1 Å². The van der Waals surface area contributed by atoms with Crippen LogP contribution in [0.4, 0.5) is 0 Å². The lowest BCUT2D eigenvalue weighted by Crippen LogP contribution is -2.03. The molecule has 48 heavy (non-hydrogen) atoms. The van der Waals surface area contributed by atoms with Crippen molar-refractivity contribution in [3.8, 4) is 34.1 Å². The summed E-state index contributed by atoms with van der Waals surface area (Å²) in [5.41, 5.74) is 11.4. The molecule has 0 aliphatic heterocycles. The normalized spacial score (nSPS) is 12.3. The highest BCUT2D eigenvalue weighted by molar-refractivity contribution is 6.09. The molecule has 3 heterocycles. The number of hydrogen-bond acceptors (Lipinski definition) is 3. The van der Waals surface area contributed by atoms with Crippen LogP contribution in [0.25, 0.3) is 44.4 Å². The van der Waals surface area contributed by atoms with Gasteiger partial charge in [-0.3, -0.25) is 4.57 Å². The van der Waals surface area contributed by atoms with Crippen molar-refractivity contribution in [2.24, 2.45) is 5.92 Å². The van der Waals surface area contributed by atoms with Crippen molar-refractivity contribution in [3.63, 3.8) is 0 Å². The third kappa shape index (κ3) is 5.90. The molecule has 0 fully saturated rings. The molecule has 0 saturated heterocycles. The van der Waals surface area contributed by atoms with E-state index in [1.165, 1.54) is 38.6 Å². The fourth-order valence-electron chi connectivity index (χ4n) is 6.98. The molecule has 4 aromatic carbocycles. The molecule has 7 aromatic rings. The third-order valence-corrected chi connectivity index (χ3v) is 9.50. The van der Waals surface area contributed by atoms with Gasteiger partial charge in [0.2, 0.25) is 0 Å². The van der Waals surface area contributed by atoms with E-state index >= 15 is 0 Å². The molecule has 5 heteroatoms. The van der Waals surface area contributed by atoms with E-state index in [1.807, 2.05) is 12.3 Å². The summed E-state index contributed by atoms with van der Waals surface area (Å²) in [5.74, 6) is 3.48. The average Bonchev–Trinajstić information content (AvgIpc) is 3.56. The third-order valence-electron chi connectivity index (χ3n) is 9.50. The molecular formula is C43H44N4O. The summed E-state index contributed by atoms with van der Waals surface area (Å²) in [6.07, 6.45) is 3.94. The molecule has 3 aromatic heterocycles. The molecule has 0 N–H and O–H groups in total. The summed E-state index contributed by atoms with van der Waals surface area (Å²) in [4.78, 5) is 4.81. The van der Waals surface area contributed by atoms with Crippen molar-refractivity contribution >= 4 is 21.8 Å². The molecule has 242 valence electrons. The molecule has 0 aliphatic carbocycles. The van der Waals surface area contributed by atoms with Crippen molar-refractivity contribution in [2.45, 2.75) is 67.2 Å². The lowest BCUT2D eigenvalue weighted by molar-refractivity contribution is 0.481. The van der Waals surface area contributed by atoms with E-state index in [0.29, 0.717) is 11.8 Å². The zero-order chi connectivity index (χ0) is 33.5. The van der Waals surface area contributed by atoms with Crippen molar-refractivity contribution in [1.29, 1.82) is 0 Å². The van der Waals surface area contributed by atoms with Crippen LogP contribution in [0.1, 0.15) is 68.1 Å².